The number of hydrogen-bond donors (Lipinski definition) is 2. The van der Waals surface area contributed by atoms with Crippen molar-refractivity contribution in [3.8, 4) is 0 Å². The van der Waals surface area contributed by atoms with Gasteiger partial charge in [-0.15, -0.1) is 0 Å². The van der Waals surface area contributed by atoms with Crippen LogP contribution in [0.15, 0.2) is 0 Å². The van der Waals surface area contributed by atoms with E-state index in [-0.39, 0.29) is 18.9 Å². The topological polar surface area (TPSA) is 75.0 Å². The van der Waals surface area contributed by atoms with Crippen molar-refractivity contribution in [1.29, 1.82) is 0 Å². The summed E-state index contributed by atoms with van der Waals surface area (Å²) in [6, 6.07) is 0. The van der Waals surface area contributed by atoms with Crippen LogP contribution in [0.4, 0.5) is 19.0 Å². The highest BCUT2D eigenvalue weighted by atomic mass is 19.4. The van der Waals surface area contributed by atoms with E-state index >= 15 is 0 Å². The lowest BCUT2D eigenvalue weighted by atomic mass is 10.1. The zero-order valence-electron chi connectivity index (χ0n) is 8.14. The molecule has 8 heteroatoms. The van der Waals surface area contributed by atoms with Gasteiger partial charge in [-0.3, -0.25) is 9.89 Å². The van der Waals surface area contributed by atoms with Gasteiger partial charge in [-0.1, -0.05) is 0 Å². The Labute approximate surface area is 88.4 Å². The molecule has 0 fully saturated rings. The SMILES string of the molecule is Nc1n[nH]c2c1CCN(C(=O)C(F)(F)F)C2. The van der Waals surface area contributed by atoms with E-state index in [0.717, 1.165) is 4.90 Å². The Kier molecular flexibility index (Phi) is 2.28. The summed E-state index contributed by atoms with van der Waals surface area (Å²) < 4.78 is 36.5. The van der Waals surface area contributed by atoms with Gasteiger partial charge in [0.05, 0.1) is 12.2 Å². The number of hydrogen-bond acceptors (Lipinski definition) is 3. The lowest BCUT2D eigenvalue weighted by molar-refractivity contribution is -0.186. The van der Waals surface area contributed by atoms with Crippen molar-refractivity contribution in [2.45, 2.75) is 19.1 Å². The van der Waals surface area contributed by atoms with Crippen molar-refractivity contribution >= 4 is 11.7 Å². The molecule has 0 aromatic carbocycles. The molecule has 1 aliphatic heterocycles. The van der Waals surface area contributed by atoms with Crippen molar-refractivity contribution < 1.29 is 18.0 Å². The van der Waals surface area contributed by atoms with E-state index in [1.807, 2.05) is 0 Å². The lowest BCUT2D eigenvalue weighted by Gasteiger charge is -2.27. The first kappa shape index (κ1) is 10.8. The van der Waals surface area contributed by atoms with Crippen LogP contribution >= 0.6 is 0 Å². The van der Waals surface area contributed by atoms with Crippen LogP contribution in [0.3, 0.4) is 0 Å². The van der Waals surface area contributed by atoms with Gasteiger partial charge in [0.15, 0.2) is 0 Å². The Bertz CT molecular complexity index is 425. The molecular weight excluding hydrogens is 225 g/mol. The number of nitrogens with one attached hydrogen (secondary N) is 1. The van der Waals surface area contributed by atoms with Crippen LogP contribution in [-0.2, 0) is 17.8 Å². The van der Waals surface area contributed by atoms with E-state index in [0.29, 0.717) is 17.7 Å². The van der Waals surface area contributed by atoms with Crippen molar-refractivity contribution in [2.75, 3.05) is 12.3 Å². The molecule has 1 amide bonds. The average molecular weight is 234 g/mol. The van der Waals surface area contributed by atoms with Crippen LogP contribution in [0, 0.1) is 0 Å². The predicted molar refractivity (Wildman–Crippen MR) is 48.2 cm³/mol. The number of fused-ring (bicyclic) bond motifs is 1. The number of aromatic amines is 1. The summed E-state index contributed by atoms with van der Waals surface area (Å²) in [5.74, 6) is -1.54. The lowest BCUT2D eigenvalue weighted by Crippen LogP contribution is -2.43. The number of H-pyrrole nitrogens is 1. The monoisotopic (exact) mass is 234 g/mol. The molecule has 0 atom stereocenters. The minimum absolute atomic E-state index is 0.00900. The maximum Gasteiger partial charge on any atom is 0.471 e. The Hall–Kier alpha value is -1.73. The molecule has 0 bridgehead atoms. The highest BCUT2D eigenvalue weighted by Crippen LogP contribution is 2.25. The van der Waals surface area contributed by atoms with E-state index in [2.05, 4.69) is 10.2 Å². The van der Waals surface area contributed by atoms with Crippen LogP contribution in [0.25, 0.3) is 0 Å². The number of carbonyl (C=O) groups excluding carboxylic acids is 1. The van der Waals surface area contributed by atoms with Crippen molar-refractivity contribution in [3.63, 3.8) is 0 Å². The highest BCUT2D eigenvalue weighted by Gasteiger charge is 2.43. The first-order valence-corrected chi connectivity index (χ1v) is 4.57. The Balaban J connectivity index is 2.17. The molecule has 0 saturated heterocycles. The zero-order valence-corrected chi connectivity index (χ0v) is 8.14. The molecule has 88 valence electrons. The second-order valence-electron chi connectivity index (χ2n) is 3.54. The summed E-state index contributed by atoms with van der Waals surface area (Å²) in [6.45, 7) is -0.118. The van der Waals surface area contributed by atoms with E-state index in [1.54, 1.807) is 0 Å². The van der Waals surface area contributed by atoms with Gasteiger partial charge in [0, 0.05) is 12.1 Å². The summed E-state index contributed by atoms with van der Waals surface area (Å²) in [6.07, 6.45) is -4.54. The first-order chi connectivity index (χ1) is 7.39. The highest BCUT2D eigenvalue weighted by molar-refractivity contribution is 5.82. The van der Waals surface area contributed by atoms with Crippen molar-refractivity contribution in [2.24, 2.45) is 0 Å². The number of halogens is 3. The van der Waals surface area contributed by atoms with Crippen molar-refractivity contribution in [1.82, 2.24) is 15.1 Å². The summed E-state index contributed by atoms with van der Waals surface area (Å²) in [4.78, 5) is 11.7. The smallest absolute Gasteiger partial charge is 0.382 e. The molecule has 3 N–H and O–H groups in total. The number of aromatic nitrogens is 2. The van der Waals surface area contributed by atoms with Crippen LogP contribution < -0.4 is 5.73 Å². The molecule has 0 radical (unpaired) electrons. The fraction of sp³-hybridized carbons (Fsp3) is 0.500. The molecule has 0 aliphatic carbocycles. The molecular formula is C8H9F3N4O. The largest absolute Gasteiger partial charge is 0.471 e. The van der Waals surface area contributed by atoms with Gasteiger partial charge in [-0.2, -0.15) is 18.3 Å². The molecule has 0 saturated carbocycles. The number of anilines is 1. The molecule has 2 rings (SSSR count). The molecule has 1 aliphatic rings. The second-order valence-corrected chi connectivity index (χ2v) is 3.54. The first-order valence-electron chi connectivity index (χ1n) is 4.57. The summed E-state index contributed by atoms with van der Waals surface area (Å²) >= 11 is 0. The van der Waals surface area contributed by atoms with Gasteiger partial charge in [0.2, 0.25) is 0 Å². The Morgan fingerprint density at radius 2 is 2.19 bits per heavy atom. The molecule has 0 spiro atoms. The van der Waals surface area contributed by atoms with Gasteiger partial charge in [-0.25, -0.2) is 0 Å². The third-order valence-corrected chi connectivity index (χ3v) is 2.50. The number of carbonyl (C=O) groups is 1. The third kappa shape index (κ3) is 1.70. The molecule has 0 unspecified atom stereocenters. The number of rotatable bonds is 0. The fourth-order valence-corrected chi connectivity index (χ4v) is 1.70. The average Bonchev–Trinajstić information content (AvgIpc) is 2.57. The predicted octanol–water partition coefficient (Wildman–Crippen LogP) is 0.439. The van der Waals surface area contributed by atoms with E-state index in [9.17, 15) is 18.0 Å². The Morgan fingerprint density at radius 3 is 2.81 bits per heavy atom. The van der Waals surface area contributed by atoms with Crippen LogP contribution in [-0.4, -0.2) is 33.7 Å². The second kappa shape index (κ2) is 3.39. The molecule has 1 aromatic heterocycles. The van der Waals surface area contributed by atoms with E-state index in [1.165, 1.54) is 0 Å². The van der Waals surface area contributed by atoms with Crippen LogP contribution in [0.1, 0.15) is 11.3 Å². The summed E-state index contributed by atoms with van der Waals surface area (Å²) in [5.41, 5.74) is 6.67. The molecule has 2 heterocycles. The van der Waals surface area contributed by atoms with E-state index in [4.69, 9.17) is 5.73 Å². The standard InChI is InChI=1S/C8H9F3N4O/c9-8(10,11)7(16)15-2-1-4-5(3-15)13-14-6(4)12/h1-3H2,(H3,12,13,14). The van der Waals surface area contributed by atoms with E-state index < -0.39 is 12.1 Å². The van der Waals surface area contributed by atoms with Crippen LogP contribution in [0.5, 0.6) is 0 Å². The quantitative estimate of drug-likeness (QED) is 0.683. The minimum atomic E-state index is -4.83. The van der Waals surface area contributed by atoms with Gasteiger partial charge in [0.25, 0.3) is 0 Å². The maximum atomic E-state index is 12.2. The Morgan fingerprint density at radius 1 is 1.50 bits per heavy atom. The van der Waals surface area contributed by atoms with Gasteiger partial charge >= 0.3 is 12.1 Å². The third-order valence-electron chi connectivity index (χ3n) is 2.50. The van der Waals surface area contributed by atoms with Crippen molar-refractivity contribution in [3.05, 3.63) is 11.3 Å². The van der Waals surface area contributed by atoms with Crippen LogP contribution in [0.2, 0.25) is 0 Å². The van der Waals surface area contributed by atoms with Gasteiger partial charge in [0.1, 0.15) is 5.82 Å². The minimum Gasteiger partial charge on any atom is -0.382 e. The molecule has 16 heavy (non-hydrogen) atoms. The number of nitrogen functional groups attached to an aromatic ring is 1. The fourth-order valence-electron chi connectivity index (χ4n) is 1.70. The normalized spacial score (nSPS) is 16.1. The molecule has 1 aromatic rings. The maximum absolute atomic E-state index is 12.2. The molecule has 5 nitrogen and oxygen atoms in total. The number of nitrogens with zero attached hydrogens (tertiary/aromatic N) is 2. The number of amides is 1. The van der Waals surface area contributed by atoms with Gasteiger partial charge in [-0.05, 0) is 6.42 Å². The summed E-state index contributed by atoms with van der Waals surface area (Å²) in [5, 5.41) is 6.21. The number of nitrogens with two attached hydrogens (primary N) is 1. The summed E-state index contributed by atoms with van der Waals surface area (Å²) in [7, 11) is 0. The number of alkyl halides is 3. The zero-order chi connectivity index (χ0) is 11.9. The van der Waals surface area contributed by atoms with Gasteiger partial charge < -0.3 is 10.6 Å².